The van der Waals surface area contributed by atoms with Crippen molar-refractivity contribution >= 4 is 5.91 Å². The first-order valence-corrected chi connectivity index (χ1v) is 8.91. The zero-order chi connectivity index (χ0) is 16.2. The third-order valence-electron chi connectivity index (χ3n) is 4.95. The van der Waals surface area contributed by atoms with Crippen molar-refractivity contribution in [2.24, 2.45) is 11.8 Å². The van der Waals surface area contributed by atoms with E-state index in [2.05, 4.69) is 29.3 Å². The minimum atomic E-state index is 0.343. The number of nitrogens with zero attached hydrogens (tertiary/aromatic N) is 1. The van der Waals surface area contributed by atoms with Crippen LogP contribution in [0.2, 0.25) is 0 Å². The Morgan fingerprint density at radius 1 is 1.26 bits per heavy atom. The van der Waals surface area contributed by atoms with Crippen molar-refractivity contribution in [1.82, 2.24) is 10.2 Å². The molecular weight excluding hydrogens is 288 g/mol. The van der Waals surface area contributed by atoms with Crippen LogP contribution in [-0.2, 0) is 11.3 Å². The lowest BCUT2D eigenvalue weighted by Gasteiger charge is -2.37. The largest absolute Gasteiger partial charge is 0.494 e. The van der Waals surface area contributed by atoms with Crippen molar-refractivity contribution in [3.05, 3.63) is 29.8 Å². The molecule has 0 aromatic heterocycles. The van der Waals surface area contributed by atoms with E-state index in [4.69, 9.17) is 4.74 Å². The molecule has 1 heterocycles. The highest BCUT2D eigenvalue weighted by Crippen LogP contribution is 2.32. The molecule has 1 aliphatic carbocycles. The molecular formula is C19H28N2O2. The molecule has 1 saturated carbocycles. The van der Waals surface area contributed by atoms with Gasteiger partial charge in [-0.05, 0) is 49.8 Å². The molecule has 0 bridgehead atoms. The highest BCUT2D eigenvalue weighted by atomic mass is 16.5. The van der Waals surface area contributed by atoms with Crippen molar-refractivity contribution in [2.45, 2.75) is 45.7 Å². The van der Waals surface area contributed by atoms with Crippen LogP contribution in [0.15, 0.2) is 24.3 Å². The molecule has 23 heavy (non-hydrogen) atoms. The normalized spacial score (nSPS) is 24.5. The van der Waals surface area contributed by atoms with E-state index in [1.54, 1.807) is 0 Å². The molecule has 0 radical (unpaired) electrons. The van der Waals surface area contributed by atoms with Crippen molar-refractivity contribution < 1.29 is 9.53 Å². The van der Waals surface area contributed by atoms with E-state index in [0.29, 0.717) is 30.4 Å². The molecule has 1 amide bonds. The summed E-state index contributed by atoms with van der Waals surface area (Å²) in [6, 6.07) is 8.79. The fraction of sp³-hybridized carbons (Fsp3) is 0.632. The summed E-state index contributed by atoms with van der Waals surface area (Å²) in [6.45, 7) is 7.63. The number of benzene rings is 1. The first-order valence-electron chi connectivity index (χ1n) is 8.91. The number of ether oxygens (including phenoxy) is 1. The Morgan fingerprint density at radius 2 is 2.00 bits per heavy atom. The second kappa shape index (κ2) is 7.35. The molecule has 0 spiro atoms. The number of hydrogen-bond donors (Lipinski definition) is 1. The van der Waals surface area contributed by atoms with Gasteiger partial charge in [0.2, 0.25) is 5.91 Å². The van der Waals surface area contributed by atoms with E-state index in [0.717, 1.165) is 44.6 Å². The number of likely N-dealkylation sites (tertiary alicyclic amines) is 1. The van der Waals surface area contributed by atoms with Crippen molar-refractivity contribution in [2.75, 3.05) is 19.7 Å². The van der Waals surface area contributed by atoms with Gasteiger partial charge in [-0.2, -0.15) is 0 Å². The zero-order valence-corrected chi connectivity index (χ0v) is 14.3. The molecule has 2 atom stereocenters. The van der Waals surface area contributed by atoms with Gasteiger partial charge in [-0.1, -0.05) is 19.1 Å². The smallest absolute Gasteiger partial charge is 0.225 e. The van der Waals surface area contributed by atoms with Gasteiger partial charge in [-0.3, -0.25) is 4.79 Å². The monoisotopic (exact) mass is 316 g/mol. The summed E-state index contributed by atoms with van der Waals surface area (Å²) in [6.07, 6.45) is 3.25. The minimum Gasteiger partial charge on any atom is -0.494 e. The lowest BCUT2D eigenvalue weighted by Crippen LogP contribution is -2.50. The second-order valence-electron chi connectivity index (χ2n) is 6.89. The van der Waals surface area contributed by atoms with Gasteiger partial charge in [0, 0.05) is 31.6 Å². The summed E-state index contributed by atoms with van der Waals surface area (Å²) in [5, 5.41) is 3.66. The van der Waals surface area contributed by atoms with Gasteiger partial charge in [0.05, 0.1) is 6.61 Å². The second-order valence-corrected chi connectivity index (χ2v) is 6.89. The fourth-order valence-electron chi connectivity index (χ4n) is 3.36. The number of piperidine rings is 1. The van der Waals surface area contributed by atoms with Crippen LogP contribution in [-0.4, -0.2) is 36.5 Å². The Balaban J connectivity index is 1.46. The lowest BCUT2D eigenvalue weighted by molar-refractivity contribution is -0.134. The highest BCUT2D eigenvalue weighted by molar-refractivity contribution is 5.81. The molecule has 1 aliphatic heterocycles. The van der Waals surface area contributed by atoms with Gasteiger partial charge < -0.3 is 15.0 Å². The quantitative estimate of drug-likeness (QED) is 0.877. The van der Waals surface area contributed by atoms with Crippen LogP contribution in [0.3, 0.4) is 0 Å². The molecule has 1 aromatic rings. The number of rotatable bonds is 6. The van der Waals surface area contributed by atoms with Crippen LogP contribution in [0.5, 0.6) is 5.75 Å². The maximum atomic E-state index is 12.2. The molecule has 126 valence electrons. The maximum Gasteiger partial charge on any atom is 0.225 e. The van der Waals surface area contributed by atoms with Crippen molar-refractivity contribution in [1.29, 1.82) is 0 Å². The van der Waals surface area contributed by atoms with E-state index in [9.17, 15) is 4.79 Å². The summed E-state index contributed by atoms with van der Waals surface area (Å²) in [5.41, 5.74) is 1.28. The maximum absolute atomic E-state index is 12.2. The Kier molecular flexibility index (Phi) is 5.21. The third kappa shape index (κ3) is 4.25. The summed E-state index contributed by atoms with van der Waals surface area (Å²) in [5.74, 6) is 2.17. The summed E-state index contributed by atoms with van der Waals surface area (Å²) < 4.78 is 5.47. The van der Waals surface area contributed by atoms with E-state index in [-0.39, 0.29) is 0 Å². The Morgan fingerprint density at radius 3 is 2.61 bits per heavy atom. The van der Waals surface area contributed by atoms with Crippen molar-refractivity contribution in [3.63, 3.8) is 0 Å². The van der Waals surface area contributed by atoms with Gasteiger partial charge in [-0.25, -0.2) is 0 Å². The topological polar surface area (TPSA) is 41.6 Å². The number of amides is 1. The van der Waals surface area contributed by atoms with Crippen LogP contribution in [0.25, 0.3) is 0 Å². The number of carbonyl (C=O) groups is 1. The molecule has 1 aromatic carbocycles. The fourth-order valence-corrected chi connectivity index (χ4v) is 3.36. The molecule has 2 aliphatic rings. The Bertz CT molecular complexity index is 525. The molecule has 3 rings (SSSR count). The summed E-state index contributed by atoms with van der Waals surface area (Å²) in [7, 11) is 0. The highest BCUT2D eigenvalue weighted by Gasteiger charge is 2.36. The number of hydrogen-bond acceptors (Lipinski definition) is 3. The average molecular weight is 316 g/mol. The van der Waals surface area contributed by atoms with E-state index >= 15 is 0 Å². The molecule has 4 nitrogen and oxygen atoms in total. The van der Waals surface area contributed by atoms with Gasteiger partial charge in [0.25, 0.3) is 0 Å². The average Bonchev–Trinajstić information content (AvgIpc) is 3.39. The first-order chi connectivity index (χ1) is 11.2. The van der Waals surface area contributed by atoms with Crippen LogP contribution in [0.4, 0.5) is 0 Å². The molecule has 4 heteroatoms. The molecule has 0 unspecified atom stereocenters. The van der Waals surface area contributed by atoms with Gasteiger partial charge >= 0.3 is 0 Å². The SMILES string of the molecule is CCOc1ccc(CN[C@H]2CCN(C(=O)C3CC3)C[C@H]2C)cc1. The van der Waals surface area contributed by atoms with E-state index < -0.39 is 0 Å². The first kappa shape index (κ1) is 16.3. The van der Waals surface area contributed by atoms with Crippen molar-refractivity contribution in [3.8, 4) is 5.75 Å². The summed E-state index contributed by atoms with van der Waals surface area (Å²) in [4.78, 5) is 14.3. The third-order valence-corrected chi connectivity index (χ3v) is 4.95. The minimum absolute atomic E-state index is 0.343. The molecule has 2 fully saturated rings. The van der Waals surface area contributed by atoms with Crippen LogP contribution < -0.4 is 10.1 Å². The van der Waals surface area contributed by atoms with Gasteiger partial charge in [0.1, 0.15) is 5.75 Å². The zero-order valence-electron chi connectivity index (χ0n) is 14.3. The number of carbonyl (C=O) groups excluding carboxylic acids is 1. The van der Waals surface area contributed by atoms with Crippen LogP contribution in [0, 0.1) is 11.8 Å². The molecule has 1 N–H and O–H groups in total. The Labute approximate surface area is 139 Å². The molecule has 1 saturated heterocycles. The van der Waals surface area contributed by atoms with E-state index in [1.807, 2.05) is 19.1 Å². The van der Waals surface area contributed by atoms with Gasteiger partial charge in [0.15, 0.2) is 0 Å². The number of nitrogens with one attached hydrogen (secondary N) is 1. The summed E-state index contributed by atoms with van der Waals surface area (Å²) >= 11 is 0. The lowest BCUT2D eigenvalue weighted by atomic mass is 9.93. The van der Waals surface area contributed by atoms with Gasteiger partial charge in [-0.15, -0.1) is 0 Å². The Hall–Kier alpha value is -1.55. The van der Waals surface area contributed by atoms with E-state index in [1.165, 1.54) is 5.56 Å². The predicted molar refractivity (Wildman–Crippen MR) is 91.3 cm³/mol. The van der Waals surface area contributed by atoms with Crippen LogP contribution >= 0.6 is 0 Å². The van der Waals surface area contributed by atoms with Crippen LogP contribution in [0.1, 0.15) is 38.7 Å². The predicted octanol–water partition coefficient (Wildman–Crippen LogP) is 2.82. The standard InChI is InChI=1S/C19H28N2O2/c1-3-23-17-8-4-15(5-9-17)12-20-18-10-11-21(13-14(18)2)19(22)16-6-7-16/h4-5,8-9,14,16,18,20H,3,6-7,10-13H2,1-2H3/t14-,18+/m1/s1.